The van der Waals surface area contributed by atoms with E-state index in [1.165, 1.54) is 37.7 Å². The molecule has 0 aliphatic heterocycles. The molecule has 3 N–H and O–H groups in total. The van der Waals surface area contributed by atoms with Gasteiger partial charge in [-0.05, 0) is 41.7 Å². The summed E-state index contributed by atoms with van der Waals surface area (Å²) in [6.07, 6.45) is 6.24. The van der Waals surface area contributed by atoms with Crippen LogP contribution in [0.3, 0.4) is 0 Å². The summed E-state index contributed by atoms with van der Waals surface area (Å²) in [4.78, 5) is 0. The van der Waals surface area contributed by atoms with Crippen molar-refractivity contribution in [3.8, 4) is 28.6 Å². The van der Waals surface area contributed by atoms with Crippen LogP contribution in [-0.2, 0) is 6.54 Å². The Hall–Kier alpha value is -3.36. The van der Waals surface area contributed by atoms with E-state index in [1.807, 2.05) is 24.3 Å². The molecule has 1 heterocycles. The molecule has 0 aliphatic rings. The lowest BCUT2D eigenvalue weighted by atomic mass is 10.0. The number of H-pyrrole nitrogens is 1. The van der Waals surface area contributed by atoms with E-state index in [1.54, 1.807) is 0 Å². The van der Waals surface area contributed by atoms with Gasteiger partial charge in [-0.2, -0.15) is 10.4 Å². The smallest absolute Gasteiger partial charge is 0.103 e. The molecule has 0 spiro atoms. The Morgan fingerprint density at radius 1 is 1.06 bits per heavy atom. The zero-order valence-electron chi connectivity index (χ0n) is 19.8. The van der Waals surface area contributed by atoms with Gasteiger partial charge in [-0.1, -0.05) is 82.2 Å². The zero-order chi connectivity index (χ0) is 23.5. The molecule has 2 aromatic carbocycles. The van der Waals surface area contributed by atoms with Gasteiger partial charge in [0.05, 0.1) is 17.5 Å². The van der Waals surface area contributed by atoms with E-state index in [4.69, 9.17) is 5.26 Å². The summed E-state index contributed by atoms with van der Waals surface area (Å²) in [5, 5.41) is 23.2. The number of aromatic nitrogens is 2. The highest BCUT2D eigenvalue weighted by molar-refractivity contribution is 5.72. The summed E-state index contributed by atoms with van der Waals surface area (Å²) < 4.78 is 0. The van der Waals surface area contributed by atoms with Crippen LogP contribution in [0.15, 0.2) is 61.2 Å². The molecule has 33 heavy (non-hydrogen) atoms. The molecular weight excluding hydrogens is 406 g/mol. The molecular formula is C28H35N5. The van der Waals surface area contributed by atoms with Gasteiger partial charge < -0.3 is 10.6 Å². The lowest BCUT2D eigenvalue weighted by Crippen LogP contribution is -2.28. The lowest BCUT2D eigenvalue weighted by molar-refractivity contribution is 0.434. The Morgan fingerprint density at radius 2 is 1.88 bits per heavy atom. The predicted molar refractivity (Wildman–Crippen MR) is 137 cm³/mol. The van der Waals surface area contributed by atoms with Gasteiger partial charge in [0, 0.05) is 23.8 Å². The number of unbranched alkanes of at least 4 members (excludes halogenated alkanes) is 1. The van der Waals surface area contributed by atoms with Gasteiger partial charge in [-0.15, -0.1) is 0 Å². The fourth-order valence-electron chi connectivity index (χ4n) is 3.94. The second kappa shape index (κ2) is 12.6. The minimum Gasteiger partial charge on any atom is -0.372 e. The molecule has 1 aromatic heterocycles. The van der Waals surface area contributed by atoms with Gasteiger partial charge in [0.2, 0.25) is 0 Å². The number of nitriles is 1. The third-order valence-electron chi connectivity index (χ3n) is 5.87. The zero-order valence-corrected chi connectivity index (χ0v) is 19.8. The summed E-state index contributed by atoms with van der Waals surface area (Å²) >= 11 is 0. The SMILES string of the molecule is C=C(NCC#N)c1cccc(-c2cc(-c3ccc(CNC(CCC)CCCC)cc3)[nH]n2)c1. The summed E-state index contributed by atoms with van der Waals surface area (Å²) in [5.41, 5.74) is 6.97. The van der Waals surface area contributed by atoms with Gasteiger partial charge in [0.25, 0.3) is 0 Å². The molecule has 3 aromatic rings. The van der Waals surface area contributed by atoms with Crippen molar-refractivity contribution in [2.45, 2.75) is 58.5 Å². The van der Waals surface area contributed by atoms with Crippen LogP contribution in [0.25, 0.3) is 28.2 Å². The molecule has 0 saturated heterocycles. The number of nitrogens with one attached hydrogen (secondary N) is 3. The number of benzene rings is 2. The first-order valence-electron chi connectivity index (χ1n) is 11.9. The topological polar surface area (TPSA) is 76.5 Å². The Kier molecular flexibility index (Phi) is 9.29. The fourth-order valence-corrected chi connectivity index (χ4v) is 3.94. The number of nitrogens with zero attached hydrogens (tertiary/aromatic N) is 2. The number of aromatic amines is 1. The second-order valence-electron chi connectivity index (χ2n) is 8.44. The molecule has 0 saturated carbocycles. The first-order valence-corrected chi connectivity index (χ1v) is 11.9. The van der Waals surface area contributed by atoms with Crippen LogP contribution in [0.2, 0.25) is 0 Å². The molecule has 0 amide bonds. The van der Waals surface area contributed by atoms with Crippen LogP contribution >= 0.6 is 0 Å². The van der Waals surface area contributed by atoms with E-state index in [9.17, 15) is 0 Å². The summed E-state index contributed by atoms with van der Waals surface area (Å²) in [6.45, 7) is 9.66. The largest absolute Gasteiger partial charge is 0.372 e. The molecule has 0 fully saturated rings. The van der Waals surface area contributed by atoms with E-state index in [0.29, 0.717) is 6.04 Å². The molecule has 172 valence electrons. The maximum absolute atomic E-state index is 8.76. The summed E-state index contributed by atoms with van der Waals surface area (Å²) in [6, 6.07) is 21.5. The molecule has 5 nitrogen and oxygen atoms in total. The Morgan fingerprint density at radius 3 is 2.61 bits per heavy atom. The second-order valence-corrected chi connectivity index (χ2v) is 8.44. The normalized spacial score (nSPS) is 11.7. The van der Waals surface area contributed by atoms with Crippen molar-refractivity contribution < 1.29 is 0 Å². The fraction of sp³-hybridized carbons (Fsp3) is 0.357. The standard InChI is InChI=1S/C28H35N5/c1-4-6-11-26(8-5-2)31-20-22-12-14-23(15-13-22)27-19-28(33-32-27)25-10-7-9-24(18-25)21(3)30-17-16-29/h7,9-10,12-15,18-19,26,30-31H,3-6,8,11,17,20H2,1-2H3,(H,32,33). The van der Waals surface area contributed by atoms with Crippen LogP contribution in [0.5, 0.6) is 0 Å². The summed E-state index contributed by atoms with van der Waals surface area (Å²) in [5.74, 6) is 0. The first-order chi connectivity index (χ1) is 16.1. The van der Waals surface area contributed by atoms with Crippen LogP contribution in [-0.4, -0.2) is 22.8 Å². The van der Waals surface area contributed by atoms with Crippen molar-refractivity contribution in [3.05, 3.63) is 72.3 Å². The van der Waals surface area contributed by atoms with Crippen LogP contribution in [0, 0.1) is 11.3 Å². The Labute approximate surface area is 197 Å². The Bertz CT molecular complexity index is 1060. The molecule has 1 atom stereocenters. The van der Waals surface area contributed by atoms with Crippen molar-refractivity contribution in [1.82, 2.24) is 20.8 Å². The van der Waals surface area contributed by atoms with E-state index in [2.05, 4.69) is 77.7 Å². The predicted octanol–water partition coefficient (Wildman–Crippen LogP) is 6.28. The van der Waals surface area contributed by atoms with Crippen molar-refractivity contribution in [1.29, 1.82) is 5.26 Å². The van der Waals surface area contributed by atoms with E-state index >= 15 is 0 Å². The monoisotopic (exact) mass is 441 g/mol. The molecule has 0 bridgehead atoms. The average molecular weight is 442 g/mol. The highest BCUT2D eigenvalue weighted by atomic mass is 15.1. The summed E-state index contributed by atoms with van der Waals surface area (Å²) in [7, 11) is 0. The van der Waals surface area contributed by atoms with E-state index in [-0.39, 0.29) is 6.54 Å². The quantitative estimate of drug-likeness (QED) is 0.273. The van der Waals surface area contributed by atoms with Crippen LogP contribution in [0.4, 0.5) is 0 Å². The molecule has 0 aliphatic carbocycles. The van der Waals surface area contributed by atoms with Gasteiger partial charge in [0.15, 0.2) is 0 Å². The third-order valence-corrected chi connectivity index (χ3v) is 5.87. The maximum atomic E-state index is 8.76. The van der Waals surface area contributed by atoms with Gasteiger partial charge in [-0.25, -0.2) is 0 Å². The van der Waals surface area contributed by atoms with Gasteiger partial charge in [0.1, 0.15) is 6.54 Å². The van der Waals surface area contributed by atoms with Crippen LogP contribution in [0.1, 0.15) is 57.1 Å². The Balaban J connectivity index is 1.65. The van der Waals surface area contributed by atoms with Crippen molar-refractivity contribution >= 4 is 5.70 Å². The van der Waals surface area contributed by atoms with Crippen LogP contribution < -0.4 is 10.6 Å². The highest BCUT2D eigenvalue weighted by Crippen LogP contribution is 2.26. The molecule has 5 heteroatoms. The minimum atomic E-state index is 0.235. The van der Waals surface area contributed by atoms with Gasteiger partial charge >= 0.3 is 0 Å². The lowest BCUT2D eigenvalue weighted by Gasteiger charge is -2.18. The molecule has 1 unspecified atom stereocenters. The van der Waals surface area contributed by atoms with Crippen molar-refractivity contribution in [2.75, 3.05) is 6.54 Å². The minimum absolute atomic E-state index is 0.235. The van der Waals surface area contributed by atoms with E-state index < -0.39 is 0 Å². The van der Waals surface area contributed by atoms with Gasteiger partial charge in [-0.3, -0.25) is 5.10 Å². The maximum Gasteiger partial charge on any atom is 0.103 e. The molecule has 0 radical (unpaired) electrons. The number of hydrogen-bond donors (Lipinski definition) is 3. The third kappa shape index (κ3) is 7.06. The first kappa shape index (κ1) is 24.3. The highest BCUT2D eigenvalue weighted by Gasteiger charge is 2.09. The number of hydrogen-bond acceptors (Lipinski definition) is 4. The van der Waals surface area contributed by atoms with E-state index in [0.717, 1.165) is 40.3 Å². The molecule has 3 rings (SSSR count). The number of rotatable bonds is 13. The average Bonchev–Trinajstić information content (AvgIpc) is 3.35. The van der Waals surface area contributed by atoms with Crippen molar-refractivity contribution in [2.24, 2.45) is 0 Å². The van der Waals surface area contributed by atoms with Crippen molar-refractivity contribution in [3.63, 3.8) is 0 Å².